The number of guanidine groups is 1. The second-order valence-electron chi connectivity index (χ2n) is 9.26. The molecule has 4 rings (SSSR count). The first kappa shape index (κ1) is 28.3. The number of hydrogen-bond acceptors (Lipinski definition) is 8. The van der Waals surface area contributed by atoms with E-state index in [1.165, 1.54) is 18.4 Å². The number of likely N-dealkylation sites (tertiary alicyclic amines) is 1. The molecule has 3 atom stereocenters. The number of likely N-dealkylation sites (N-methyl/N-ethyl adjacent to an activating group) is 1. The van der Waals surface area contributed by atoms with Crippen LogP contribution in [-0.2, 0) is 4.79 Å². The Morgan fingerprint density at radius 2 is 2.03 bits per heavy atom. The fourth-order valence-electron chi connectivity index (χ4n) is 4.46. The number of nitrogens with zero attached hydrogens (tertiary/aromatic N) is 4. The van der Waals surface area contributed by atoms with Gasteiger partial charge in [-0.25, -0.2) is 9.97 Å². The topological polar surface area (TPSA) is 197 Å². The fourth-order valence-corrected chi connectivity index (χ4v) is 5.55. The first-order valence-electron chi connectivity index (χ1n) is 12.4. The van der Waals surface area contributed by atoms with E-state index < -0.39 is 18.0 Å². The number of carbonyl (C=O) groups excluding carboxylic acids is 3. The molecule has 0 spiro atoms. The van der Waals surface area contributed by atoms with Crippen LogP contribution in [0.3, 0.4) is 0 Å². The van der Waals surface area contributed by atoms with Gasteiger partial charge < -0.3 is 36.7 Å². The zero-order chi connectivity index (χ0) is 28.1. The van der Waals surface area contributed by atoms with Crippen LogP contribution in [0.5, 0.6) is 0 Å². The SMILES string of the molecule is CNC(=O)C(CCCCNC(=N)N)NC(=O)c1csc([C@H]2C[C@H](N)CN2C(=O)c2cn3cc(Cl)ccc3n2)n1. The average Bonchev–Trinajstić information content (AvgIpc) is 3.64. The molecule has 3 aromatic rings. The number of imidazole rings is 1. The van der Waals surface area contributed by atoms with Crippen molar-refractivity contribution in [1.82, 2.24) is 35.2 Å². The third-order valence-corrected chi connectivity index (χ3v) is 7.54. The van der Waals surface area contributed by atoms with Gasteiger partial charge in [-0.3, -0.25) is 19.8 Å². The van der Waals surface area contributed by atoms with Gasteiger partial charge in [0, 0.05) is 44.0 Å². The number of pyridine rings is 1. The van der Waals surface area contributed by atoms with Crippen LogP contribution >= 0.6 is 22.9 Å². The van der Waals surface area contributed by atoms with Crippen molar-refractivity contribution >= 4 is 52.3 Å². The Balaban J connectivity index is 1.43. The molecule has 1 aliphatic heterocycles. The van der Waals surface area contributed by atoms with Crippen molar-refractivity contribution in [3.05, 3.63) is 51.3 Å². The summed E-state index contributed by atoms with van der Waals surface area (Å²) in [4.78, 5) is 49.3. The van der Waals surface area contributed by atoms with E-state index in [4.69, 9.17) is 28.5 Å². The molecule has 15 heteroatoms. The zero-order valence-electron chi connectivity index (χ0n) is 21.3. The Morgan fingerprint density at radius 1 is 1.23 bits per heavy atom. The molecule has 4 heterocycles. The highest BCUT2D eigenvalue weighted by Gasteiger charge is 2.38. The highest BCUT2D eigenvalue weighted by molar-refractivity contribution is 7.09. The lowest BCUT2D eigenvalue weighted by molar-refractivity contribution is -0.122. The second-order valence-corrected chi connectivity index (χ2v) is 10.6. The van der Waals surface area contributed by atoms with E-state index in [2.05, 4.69) is 25.9 Å². The van der Waals surface area contributed by atoms with E-state index in [1.54, 1.807) is 39.2 Å². The van der Waals surface area contributed by atoms with Crippen LogP contribution < -0.4 is 27.4 Å². The quantitative estimate of drug-likeness (QED) is 0.116. The molecule has 3 amide bonds. The summed E-state index contributed by atoms with van der Waals surface area (Å²) in [6.45, 7) is 0.830. The van der Waals surface area contributed by atoms with Gasteiger partial charge in [-0.15, -0.1) is 11.3 Å². The number of rotatable bonds is 10. The molecule has 0 aromatic carbocycles. The lowest BCUT2D eigenvalue weighted by Crippen LogP contribution is -2.45. The molecule has 13 nitrogen and oxygen atoms in total. The number of hydrogen-bond donors (Lipinski definition) is 6. The van der Waals surface area contributed by atoms with E-state index in [9.17, 15) is 14.4 Å². The number of aromatic nitrogens is 3. The molecule has 1 unspecified atom stereocenters. The number of carbonyl (C=O) groups is 3. The maximum Gasteiger partial charge on any atom is 0.274 e. The third kappa shape index (κ3) is 6.82. The molecule has 0 saturated carbocycles. The van der Waals surface area contributed by atoms with Crippen LogP contribution in [0.4, 0.5) is 0 Å². The first-order valence-corrected chi connectivity index (χ1v) is 13.7. The van der Waals surface area contributed by atoms with Crippen molar-refractivity contribution in [2.45, 2.75) is 43.8 Å². The average molecular weight is 575 g/mol. The summed E-state index contributed by atoms with van der Waals surface area (Å²) in [5.41, 5.74) is 12.5. The van der Waals surface area contributed by atoms with Crippen molar-refractivity contribution < 1.29 is 14.4 Å². The second kappa shape index (κ2) is 12.4. The number of nitrogens with two attached hydrogens (primary N) is 2. The third-order valence-electron chi connectivity index (χ3n) is 6.37. The van der Waals surface area contributed by atoms with Crippen LogP contribution in [0, 0.1) is 5.41 Å². The van der Waals surface area contributed by atoms with Gasteiger partial charge >= 0.3 is 0 Å². The van der Waals surface area contributed by atoms with Crippen LogP contribution in [0.1, 0.15) is 57.7 Å². The van der Waals surface area contributed by atoms with Crippen molar-refractivity contribution in [2.24, 2.45) is 11.5 Å². The summed E-state index contributed by atoms with van der Waals surface area (Å²) >= 11 is 7.32. The summed E-state index contributed by atoms with van der Waals surface area (Å²) in [5, 5.41) is 17.9. The predicted octanol–water partition coefficient (Wildman–Crippen LogP) is 0.856. The predicted molar refractivity (Wildman–Crippen MR) is 148 cm³/mol. The number of nitrogens with one attached hydrogen (secondary N) is 4. The van der Waals surface area contributed by atoms with Gasteiger partial charge in [0.15, 0.2) is 5.96 Å². The van der Waals surface area contributed by atoms with E-state index in [1.807, 2.05) is 0 Å². The standard InChI is InChI=1S/C24H31ClN10O3S/c1-29-20(36)15(4-2-3-7-30-24(27)28)32-21(37)17-12-39-22(33-17)18-8-14(26)10-35(18)23(38)16-11-34-9-13(25)5-6-19(34)31-16/h5-6,9,11-12,14-15,18H,2-4,7-8,10,26H2,1H3,(H,29,36)(H,32,37)(H4,27,28,30)/t14-,15?,18+/m0/s1. The highest BCUT2D eigenvalue weighted by atomic mass is 35.5. The Kier molecular flexibility index (Phi) is 8.99. The van der Waals surface area contributed by atoms with Crippen LogP contribution in [0.2, 0.25) is 5.02 Å². The van der Waals surface area contributed by atoms with Gasteiger partial charge in [0.05, 0.1) is 11.1 Å². The van der Waals surface area contributed by atoms with Gasteiger partial charge in [0.2, 0.25) is 5.91 Å². The summed E-state index contributed by atoms with van der Waals surface area (Å²) in [5.74, 6) is -1.19. The number of fused-ring (bicyclic) bond motifs is 1. The number of unbranched alkanes of at least 4 members (excludes halogenated alkanes) is 1. The summed E-state index contributed by atoms with van der Waals surface area (Å²) in [6, 6.07) is 2.03. The smallest absolute Gasteiger partial charge is 0.274 e. The van der Waals surface area contributed by atoms with E-state index in [0.717, 1.165) is 0 Å². The number of thiazole rings is 1. The number of halogens is 1. The van der Waals surface area contributed by atoms with Crippen molar-refractivity contribution in [3.8, 4) is 0 Å². The highest BCUT2D eigenvalue weighted by Crippen LogP contribution is 2.34. The summed E-state index contributed by atoms with van der Waals surface area (Å²) in [6.07, 6.45) is 5.51. The minimum atomic E-state index is -0.744. The summed E-state index contributed by atoms with van der Waals surface area (Å²) < 4.78 is 1.69. The molecule has 8 N–H and O–H groups in total. The van der Waals surface area contributed by atoms with Gasteiger partial charge in [-0.1, -0.05) is 11.6 Å². The van der Waals surface area contributed by atoms with Crippen molar-refractivity contribution in [3.63, 3.8) is 0 Å². The minimum absolute atomic E-state index is 0.114. The normalized spacial score (nSPS) is 17.7. The molecule has 1 saturated heterocycles. The molecule has 1 fully saturated rings. The fraction of sp³-hybridized carbons (Fsp3) is 0.417. The van der Waals surface area contributed by atoms with E-state index in [-0.39, 0.29) is 35.2 Å². The molecule has 39 heavy (non-hydrogen) atoms. The van der Waals surface area contributed by atoms with E-state index in [0.29, 0.717) is 54.5 Å². The van der Waals surface area contributed by atoms with Gasteiger partial charge in [0.25, 0.3) is 11.8 Å². The Hall–Kier alpha value is -3.75. The largest absolute Gasteiger partial charge is 0.370 e. The first-order chi connectivity index (χ1) is 18.7. The summed E-state index contributed by atoms with van der Waals surface area (Å²) in [7, 11) is 1.51. The zero-order valence-corrected chi connectivity index (χ0v) is 22.9. The van der Waals surface area contributed by atoms with Crippen molar-refractivity contribution in [2.75, 3.05) is 20.1 Å². The van der Waals surface area contributed by atoms with Crippen molar-refractivity contribution in [1.29, 1.82) is 5.41 Å². The molecule has 0 aliphatic carbocycles. The van der Waals surface area contributed by atoms with Crippen LogP contribution in [0.15, 0.2) is 29.9 Å². The lowest BCUT2D eigenvalue weighted by Gasteiger charge is -2.22. The monoisotopic (exact) mass is 574 g/mol. The Morgan fingerprint density at radius 3 is 2.77 bits per heavy atom. The van der Waals surface area contributed by atoms with Gasteiger partial charge in [-0.2, -0.15) is 0 Å². The van der Waals surface area contributed by atoms with Gasteiger partial charge in [-0.05, 0) is 37.8 Å². The molecular formula is C24H31ClN10O3S. The Bertz CT molecular complexity index is 1380. The minimum Gasteiger partial charge on any atom is -0.370 e. The van der Waals surface area contributed by atoms with Crippen LogP contribution in [0.25, 0.3) is 5.65 Å². The molecule has 0 radical (unpaired) electrons. The molecule has 1 aliphatic rings. The van der Waals surface area contributed by atoms with Gasteiger partial charge in [0.1, 0.15) is 28.1 Å². The Labute approximate surface area is 233 Å². The lowest BCUT2D eigenvalue weighted by atomic mass is 10.1. The molecule has 208 valence electrons. The molecule has 3 aromatic heterocycles. The van der Waals surface area contributed by atoms with E-state index >= 15 is 0 Å². The van der Waals surface area contributed by atoms with Crippen LogP contribution in [-0.4, -0.2) is 75.2 Å². The number of amides is 3. The maximum absolute atomic E-state index is 13.4. The molecule has 0 bridgehead atoms. The maximum atomic E-state index is 13.4. The molecular weight excluding hydrogens is 544 g/mol.